The van der Waals surface area contributed by atoms with E-state index in [9.17, 15) is 14.7 Å². The molecule has 5 rings (SSSR count). The van der Waals surface area contributed by atoms with Crippen molar-refractivity contribution in [3.63, 3.8) is 0 Å². The van der Waals surface area contributed by atoms with Crippen molar-refractivity contribution in [3.8, 4) is 0 Å². The molecule has 0 aliphatic heterocycles. The molecule has 5 fully saturated rings. The van der Waals surface area contributed by atoms with Gasteiger partial charge >= 0.3 is 0 Å². The van der Waals surface area contributed by atoms with Crippen LogP contribution in [0, 0.1) is 75.9 Å². The van der Waals surface area contributed by atoms with Gasteiger partial charge in [0.25, 0.3) is 0 Å². The van der Waals surface area contributed by atoms with Gasteiger partial charge in [0.1, 0.15) is 11.6 Å². The van der Waals surface area contributed by atoms with E-state index in [2.05, 4.69) is 41.5 Å². The average molecular weight is 457 g/mol. The summed E-state index contributed by atoms with van der Waals surface area (Å²) >= 11 is 0. The number of hydrogen-bond acceptors (Lipinski definition) is 3. The Bertz CT molecular complexity index is 835. The van der Waals surface area contributed by atoms with Gasteiger partial charge < -0.3 is 5.11 Å². The van der Waals surface area contributed by atoms with Gasteiger partial charge in [-0.1, -0.05) is 48.5 Å². The quantitative estimate of drug-likeness (QED) is 0.443. The van der Waals surface area contributed by atoms with E-state index in [-0.39, 0.29) is 41.7 Å². The maximum Gasteiger partial charge on any atom is 0.146 e. The number of rotatable bonds is 0. The first kappa shape index (κ1) is 24.0. The van der Waals surface area contributed by atoms with Gasteiger partial charge in [0, 0.05) is 11.3 Å². The lowest BCUT2D eigenvalue weighted by atomic mass is 9.38. The Morgan fingerprint density at radius 1 is 0.848 bits per heavy atom. The van der Waals surface area contributed by atoms with E-state index in [1.54, 1.807) is 0 Å². The monoisotopic (exact) mass is 456 g/mol. The molecule has 3 nitrogen and oxygen atoms in total. The molecule has 0 spiro atoms. The normalized spacial score (nSPS) is 55.1. The summed E-state index contributed by atoms with van der Waals surface area (Å²) in [7, 11) is 0. The van der Waals surface area contributed by atoms with Gasteiger partial charge in [0.15, 0.2) is 0 Å². The predicted molar refractivity (Wildman–Crippen MR) is 131 cm³/mol. The summed E-state index contributed by atoms with van der Waals surface area (Å²) in [5.74, 6) is 5.11. The van der Waals surface area contributed by atoms with Gasteiger partial charge in [-0.15, -0.1) is 0 Å². The lowest BCUT2D eigenvalue weighted by Crippen LogP contribution is -2.66. The summed E-state index contributed by atoms with van der Waals surface area (Å²) < 4.78 is 0. The van der Waals surface area contributed by atoms with Crippen LogP contribution in [0.5, 0.6) is 0 Å². The van der Waals surface area contributed by atoms with Crippen molar-refractivity contribution in [3.05, 3.63) is 0 Å². The fourth-order valence-electron chi connectivity index (χ4n) is 10.5. The molecule has 5 saturated carbocycles. The van der Waals surface area contributed by atoms with E-state index >= 15 is 0 Å². The second kappa shape index (κ2) is 7.40. The molecule has 0 aromatic rings. The fraction of sp³-hybridized carbons (Fsp3) is 0.933. The summed E-state index contributed by atoms with van der Waals surface area (Å²) in [6.07, 6.45) is 5.79. The van der Waals surface area contributed by atoms with Crippen molar-refractivity contribution in [2.75, 3.05) is 0 Å². The summed E-state index contributed by atoms with van der Waals surface area (Å²) in [5, 5.41) is 12.1. The molecule has 8 unspecified atom stereocenters. The van der Waals surface area contributed by atoms with Crippen LogP contribution < -0.4 is 0 Å². The van der Waals surface area contributed by atoms with E-state index in [0.29, 0.717) is 41.4 Å². The van der Waals surface area contributed by atoms with Gasteiger partial charge in [-0.05, 0) is 104 Å². The third kappa shape index (κ3) is 3.30. The molecule has 5 aliphatic rings. The SMILES string of the molecule is C[C@@H]1CC2C(C[C@@H](C)C3C4C(=O)CC(=O)C(C)(C)C4C[C@@](C)(O)C23)C2C1CCC(C)(C)[C@@H]2C. The molecule has 186 valence electrons. The van der Waals surface area contributed by atoms with Crippen LogP contribution in [0.2, 0.25) is 0 Å². The predicted octanol–water partition coefficient (Wildman–Crippen LogP) is 6.17. The Hall–Kier alpha value is -0.700. The molecular weight excluding hydrogens is 408 g/mol. The minimum atomic E-state index is -0.807. The molecule has 3 heteroatoms. The Balaban J connectivity index is 1.57. The molecule has 0 saturated heterocycles. The Morgan fingerprint density at radius 3 is 2.15 bits per heavy atom. The van der Waals surface area contributed by atoms with E-state index in [1.807, 2.05) is 13.8 Å². The molecule has 1 N–H and O–H groups in total. The van der Waals surface area contributed by atoms with E-state index in [0.717, 1.165) is 11.8 Å². The lowest BCUT2D eigenvalue weighted by molar-refractivity contribution is -0.217. The molecule has 0 radical (unpaired) electrons. The number of ketones is 2. The number of hydrogen-bond donors (Lipinski definition) is 1. The van der Waals surface area contributed by atoms with Crippen molar-refractivity contribution in [2.24, 2.45) is 75.9 Å². The highest BCUT2D eigenvalue weighted by Crippen LogP contribution is 2.67. The minimum absolute atomic E-state index is 0.0252. The average Bonchev–Trinajstić information content (AvgIpc) is 2.69. The van der Waals surface area contributed by atoms with Crippen molar-refractivity contribution >= 4 is 11.6 Å². The first-order chi connectivity index (χ1) is 15.2. The number of carbonyl (C=O) groups excluding carboxylic acids is 2. The fourth-order valence-corrected chi connectivity index (χ4v) is 10.5. The van der Waals surface area contributed by atoms with Crippen LogP contribution in [0.1, 0.15) is 93.9 Å². The number of Topliss-reactive ketones (excluding diaryl/α,β-unsaturated/α-hetero) is 2. The minimum Gasteiger partial charge on any atom is -0.390 e. The number of carbonyl (C=O) groups is 2. The lowest BCUT2D eigenvalue weighted by Gasteiger charge is -2.66. The molecule has 33 heavy (non-hydrogen) atoms. The number of fused-ring (bicyclic) bond motifs is 7. The van der Waals surface area contributed by atoms with Gasteiger partial charge in [0.2, 0.25) is 0 Å². The van der Waals surface area contributed by atoms with E-state index in [1.165, 1.54) is 25.7 Å². The molecule has 0 bridgehead atoms. The maximum absolute atomic E-state index is 13.4. The first-order valence-corrected chi connectivity index (χ1v) is 14.0. The van der Waals surface area contributed by atoms with Crippen molar-refractivity contribution < 1.29 is 14.7 Å². The standard InChI is InChI=1S/C30H48O3/c1-15-11-20-19(25-17(3)28(4,5)10-9-18(15)25)12-16(2)24-26-21(14-30(8,33)27(20)24)29(6,7)23(32)13-22(26)31/h15-21,24-27,33H,9-14H2,1-8H3/t15-,16-,17-,18?,19?,20?,21?,24?,25?,26?,27?,30-/m1/s1. The molecule has 0 amide bonds. The zero-order valence-electron chi connectivity index (χ0n) is 22.4. The van der Waals surface area contributed by atoms with Crippen molar-refractivity contribution in [2.45, 2.75) is 99.5 Å². The maximum atomic E-state index is 13.4. The van der Waals surface area contributed by atoms with Crippen molar-refractivity contribution in [1.82, 2.24) is 0 Å². The highest BCUT2D eigenvalue weighted by Gasteiger charge is 2.66. The molecule has 0 aromatic heterocycles. The summed E-state index contributed by atoms with van der Waals surface area (Å²) in [5.41, 5.74) is -0.942. The van der Waals surface area contributed by atoms with Crippen LogP contribution in [0.25, 0.3) is 0 Å². The van der Waals surface area contributed by atoms with Gasteiger partial charge in [-0.25, -0.2) is 0 Å². The third-order valence-corrected chi connectivity index (χ3v) is 12.6. The smallest absolute Gasteiger partial charge is 0.146 e. The zero-order chi connectivity index (χ0) is 24.2. The Labute approximate surface area is 201 Å². The molecule has 0 aromatic carbocycles. The van der Waals surface area contributed by atoms with E-state index in [4.69, 9.17) is 0 Å². The molecule has 12 atom stereocenters. The molecule has 0 heterocycles. The van der Waals surface area contributed by atoms with Gasteiger partial charge in [-0.2, -0.15) is 0 Å². The summed E-state index contributed by atoms with van der Waals surface area (Å²) in [6, 6.07) is 0. The van der Waals surface area contributed by atoms with Gasteiger partial charge in [0.05, 0.1) is 12.0 Å². The topological polar surface area (TPSA) is 54.4 Å². The summed E-state index contributed by atoms with van der Waals surface area (Å²) in [6.45, 7) is 18.4. The highest BCUT2D eigenvalue weighted by atomic mass is 16.3. The number of aliphatic hydroxyl groups is 1. The van der Waals surface area contributed by atoms with Gasteiger partial charge in [-0.3, -0.25) is 9.59 Å². The van der Waals surface area contributed by atoms with E-state index < -0.39 is 11.0 Å². The van der Waals surface area contributed by atoms with Crippen LogP contribution in [0.15, 0.2) is 0 Å². The molecular formula is C30H48O3. The zero-order valence-corrected chi connectivity index (χ0v) is 22.4. The van der Waals surface area contributed by atoms with Crippen LogP contribution in [-0.2, 0) is 9.59 Å². The third-order valence-electron chi connectivity index (χ3n) is 12.6. The Morgan fingerprint density at radius 2 is 1.48 bits per heavy atom. The van der Waals surface area contributed by atoms with Crippen LogP contribution in [0.3, 0.4) is 0 Å². The Kier molecular flexibility index (Phi) is 5.39. The van der Waals surface area contributed by atoms with Crippen LogP contribution >= 0.6 is 0 Å². The largest absolute Gasteiger partial charge is 0.390 e. The molecule has 5 aliphatic carbocycles. The van der Waals surface area contributed by atoms with Crippen LogP contribution in [-0.4, -0.2) is 22.3 Å². The second-order valence-corrected chi connectivity index (χ2v) is 14.9. The first-order valence-electron chi connectivity index (χ1n) is 14.0. The van der Waals surface area contributed by atoms with Crippen molar-refractivity contribution in [1.29, 1.82) is 0 Å². The second-order valence-electron chi connectivity index (χ2n) is 14.9. The van der Waals surface area contributed by atoms with Crippen LogP contribution in [0.4, 0.5) is 0 Å². The summed E-state index contributed by atoms with van der Waals surface area (Å²) in [4.78, 5) is 26.3. The highest BCUT2D eigenvalue weighted by molar-refractivity contribution is 6.05.